The molecule has 4 N–H and O–H groups in total. The van der Waals surface area contributed by atoms with Crippen molar-refractivity contribution in [2.75, 3.05) is 13.3 Å². The molecule has 8 nitrogen and oxygen atoms in total. The Morgan fingerprint density at radius 1 is 1.50 bits per heavy atom. The maximum absolute atomic E-state index is 12.4. The molecule has 0 bridgehead atoms. The first-order valence-electron chi connectivity index (χ1n) is 6.68. The van der Waals surface area contributed by atoms with E-state index in [0.29, 0.717) is 6.42 Å². The predicted molar refractivity (Wildman–Crippen MR) is 78.4 cm³/mol. The van der Waals surface area contributed by atoms with E-state index in [4.69, 9.17) is 25.0 Å². The first-order chi connectivity index (χ1) is 10.3. The fraction of sp³-hybridized carbons (Fsp3) is 0.538. The van der Waals surface area contributed by atoms with E-state index in [1.54, 1.807) is 18.2 Å². The van der Waals surface area contributed by atoms with Gasteiger partial charge in [-0.1, -0.05) is 6.08 Å². The maximum Gasteiger partial charge on any atom is 0.378 e. The van der Waals surface area contributed by atoms with Crippen molar-refractivity contribution in [3.8, 4) is 0 Å². The van der Waals surface area contributed by atoms with E-state index in [2.05, 4.69) is 0 Å². The normalized spacial score (nSPS) is 21.5. The molecule has 0 spiro atoms. The molecule has 3 atom stereocenters. The molecule has 1 unspecified atom stereocenters. The molecule has 1 aliphatic rings. The van der Waals surface area contributed by atoms with Gasteiger partial charge in [0.2, 0.25) is 0 Å². The molecule has 0 saturated carbocycles. The quantitative estimate of drug-likeness (QED) is 0.541. The lowest BCUT2D eigenvalue weighted by molar-refractivity contribution is -0.139. The molecule has 1 aliphatic carbocycles. The van der Waals surface area contributed by atoms with Gasteiger partial charge in [-0.2, -0.15) is 0 Å². The molecule has 0 aromatic rings. The molecular weight excluding hydrogens is 313 g/mol. The summed E-state index contributed by atoms with van der Waals surface area (Å²) in [5, 5.41) is 17.5. The van der Waals surface area contributed by atoms with Crippen LogP contribution in [0.15, 0.2) is 24.0 Å². The van der Waals surface area contributed by atoms with Gasteiger partial charge in [-0.15, -0.1) is 0 Å². The number of allylic oxidation sites excluding steroid dienone is 3. The van der Waals surface area contributed by atoms with E-state index in [1.807, 2.05) is 0 Å². The zero-order chi connectivity index (χ0) is 16.8. The summed E-state index contributed by atoms with van der Waals surface area (Å²) in [7, 11) is -2.33. The minimum Gasteiger partial charge on any atom is -0.481 e. The Balaban J connectivity index is 2.69. The van der Waals surface area contributed by atoms with Crippen LogP contribution in [0.4, 0.5) is 0 Å². The van der Waals surface area contributed by atoms with Gasteiger partial charge < -0.3 is 25.0 Å². The van der Waals surface area contributed by atoms with Crippen molar-refractivity contribution >= 4 is 19.5 Å². The number of nitrogens with two attached hydrogens (primary N) is 1. The van der Waals surface area contributed by atoms with E-state index in [1.165, 1.54) is 7.11 Å². The van der Waals surface area contributed by atoms with Gasteiger partial charge in [0.25, 0.3) is 0 Å². The van der Waals surface area contributed by atoms with Gasteiger partial charge >= 0.3 is 19.5 Å². The molecule has 0 saturated heterocycles. The van der Waals surface area contributed by atoms with Crippen molar-refractivity contribution in [2.45, 2.75) is 25.3 Å². The lowest BCUT2D eigenvalue weighted by Crippen LogP contribution is -2.31. The Morgan fingerprint density at radius 2 is 2.18 bits per heavy atom. The fourth-order valence-corrected chi connectivity index (χ4v) is 3.28. The standard InChI is InChI=1S/C13H20NO7P/c1-20-22(19,6-5-11(14)13(17)18)21-10-4-2-3-9(7-10)8-12(15)16/h2,4,7,9,11H,3,5-6,8,14H2,1H3,(H,15,16)(H,17,18)/t9?,11-,22-/m1/s1. The summed E-state index contributed by atoms with van der Waals surface area (Å²) in [6.07, 6.45) is 5.18. The summed E-state index contributed by atoms with van der Waals surface area (Å²) in [6.45, 7) is 0. The van der Waals surface area contributed by atoms with E-state index >= 15 is 0 Å². The molecule has 0 amide bonds. The van der Waals surface area contributed by atoms with Crippen LogP contribution in [-0.2, 0) is 23.2 Å². The van der Waals surface area contributed by atoms with Crippen LogP contribution in [-0.4, -0.2) is 41.5 Å². The summed E-state index contributed by atoms with van der Waals surface area (Å²) < 4.78 is 22.6. The highest BCUT2D eigenvalue weighted by Gasteiger charge is 2.28. The van der Waals surface area contributed by atoms with E-state index in [0.717, 1.165) is 0 Å². The third-order valence-electron chi connectivity index (χ3n) is 3.11. The molecule has 0 fully saturated rings. The molecule has 0 aromatic heterocycles. The SMILES string of the molecule is CO[P@](=O)(CC[C@@H](N)C(=O)O)OC1=CC(CC(=O)O)CC=C1. The molecule has 0 heterocycles. The Labute approximate surface area is 128 Å². The first-order valence-corrected chi connectivity index (χ1v) is 8.41. The average molecular weight is 333 g/mol. The van der Waals surface area contributed by atoms with Gasteiger partial charge in [0.1, 0.15) is 11.8 Å². The Bertz CT molecular complexity index is 528. The van der Waals surface area contributed by atoms with Crippen LogP contribution in [0.3, 0.4) is 0 Å². The van der Waals surface area contributed by atoms with Crippen LogP contribution in [0.2, 0.25) is 0 Å². The molecule has 1 rings (SSSR count). The summed E-state index contributed by atoms with van der Waals surface area (Å²) >= 11 is 0. The number of aliphatic carboxylic acids is 2. The van der Waals surface area contributed by atoms with Gasteiger partial charge in [-0.05, 0) is 30.9 Å². The predicted octanol–water partition coefficient (Wildman–Crippen LogP) is 1.58. The number of rotatable bonds is 9. The van der Waals surface area contributed by atoms with Crippen LogP contribution in [0, 0.1) is 5.92 Å². The van der Waals surface area contributed by atoms with Crippen molar-refractivity contribution in [1.82, 2.24) is 0 Å². The highest BCUT2D eigenvalue weighted by molar-refractivity contribution is 7.53. The fourth-order valence-electron chi connectivity index (χ4n) is 1.90. The summed E-state index contributed by atoms with van der Waals surface area (Å²) in [5.74, 6) is -2.12. The Kier molecular flexibility index (Phi) is 6.80. The number of hydrogen-bond acceptors (Lipinski definition) is 6. The van der Waals surface area contributed by atoms with Crippen molar-refractivity contribution in [3.05, 3.63) is 24.0 Å². The topological polar surface area (TPSA) is 136 Å². The Hall–Kier alpha value is -1.63. The minimum absolute atomic E-state index is 0.0572. The van der Waals surface area contributed by atoms with Crippen molar-refractivity contribution in [3.63, 3.8) is 0 Å². The van der Waals surface area contributed by atoms with Gasteiger partial charge in [0, 0.05) is 7.11 Å². The van der Waals surface area contributed by atoms with Crippen molar-refractivity contribution < 1.29 is 33.4 Å². The zero-order valence-corrected chi connectivity index (χ0v) is 13.1. The van der Waals surface area contributed by atoms with E-state index in [-0.39, 0.29) is 30.7 Å². The lowest BCUT2D eigenvalue weighted by atomic mass is 9.97. The summed E-state index contributed by atoms with van der Waals surface area (Å²) in [6, 6.07) is -1.15. The van der Waals surface area contributed by atoms with Crippen LogP contribution < -0.4 is 5.73 Å². The molecule has 0 radical (unpaired) electrons. The van der Waals surface area contributed by atoms with Crippen LogP contribution in [0.5, 0.6) is 0 Å². The number of carboxylic acid groups (broad SMARTS) is 2. The second kappa shape index (κ2) is 8.12. The van der Waals surface area contributed by atoms with Gasteiger partial charge in [0.15, 0.2) is 0 Å². The van der Waals surface area contributed by atoms with E-state index in [9.17, 15) is 14.2 Å². The third-order valence-corrected chi connectivity index (χ3v) is 4.96. The zero-order valence-electron chi connectivity index (χ0n) is 12.2. The van der Waals surface area contributed by atoms with Crippen LogP contribution in [0.25, 0.3) is 0 Å². The third kappa shape index (κ3) is 6.01. The smallest absolute Gasteiger partial charge is 0.378 e. The second-order valence-corrected chi connectivity index (χ2v) is 7.12. The molecule has 9 heteroatoms. The molecule has 22 heavy (non-hydrogen) atoms. The van der Waals surface area contributed by atoms with Crippen LogP contribution >= 0.6 is 7.60 Å². The maximum atomic E-state index is 12.4. The summed E-state index contributed by atoms with van der Waals surface area (Å²) in [5.41, 5.74) is 5.36. The van der Waals surface area contributed by atoms with E-state index < -0.39 is 25.6 Å². The van der Waals surface area contributed by atoms with Gasteiger partial charge in [0.05, 0.1) is 12.6 Å². The number of carboxylic acids is 2. The van der Waals surface area contributed by atoms with Crippen molar-refractivity contribution in [2.24, 2.45) is 11.7 Å². The molecule has 0 aromatic carbocycles. The summed E-state index contributed by atoms with van der Waals surface area (Å²) in [4.78, 5) is 21.4. The first kappa shape index (κ1) is 18.4. The average Bonchev–Trinajstić information content (AvgIpc) is 2.44. The monoisotopic (exact) mass is 333 g/mol. The number of carbonyl (C=O) groups is 2. The largest absolute Gasteiger partial charge is 0.481 e. The van der Waals surface area contributed by atoms with Gasteiger partial charge in [-0.3, -0.25) is 9.59 Å². The molecule has 0 aliphatic heterocycles. The number of hydrogen-bond donors (Lipinski definition) is 3. The van der Waals surface area contributed by atoms with Crippen LogP contribution in [0.1, 0.15) is 19.3 Å². The minimum atomic E-state index is -3.53. The second-order valence-electron chi connectivity index (χ2n) is 4.91. The highest BCUT2D eigenvalue weighted by atomic mass is 31.2. The van der Waals surface area contributed by atoms with Gasteiger partial charge in [-0.25, -0.2) is 4.57 Å². The Morgan fingerprint density at radius 3 is 2.73 bits per heavy atom. The lowest BCUT2D eigenvalue weighted by Gasteiger charge is -2.21. The highest BCUT2D eigenvalue weighted by Crippen LogP contribution is 2.50. The van der Waals surface area contributed by atoms with Crippen molar-refractivity contribution in [1.29, 1.82) is 0 Å². The molecule has 124 valence electrons. The molecular formula is C13H20NO7P.